The molecule has 0 aliphatic rings. The summed E-state index contributed by atoms with van der Waals surface area (Å²) in [5.74, 6) is 0. The molecule has 0 saturated heterocycles. The molecule has 0 saturated carbocycles. The van der Waals surface area contributed by atoms with Crippen LogP contribution in [0.15, 0.2) is 41.5 Å². The Morgan fingerprint density at radius 3 is 2.54 bits per heavy atom. The van der Waals surface area contributed by atoms with Crippen LogP contribution in [-0.2, 0) is 6.42 Å². The second-order valence-electron chi connectivity index (χ2n) is 2.68. The second-order valence-corrected chi connectivity index (χ2v) is 2.68. The molecular weight excluding hydrogens is 160 g/mol. The van der Waals surface area contributed by atoms with Crippen LogP contribution in [0.2, 0.25) is 0 Å². The molecule has 0 unspecified atom stereocenters. The Balaban J connectivity index is 2.69. The molecule has 0 bridgehead atoms. The van der Waals surface area contributed by atoms with Gasteiger partial charge in [-0.25, -0.2) is 0 Å². The van der Waals surface area contributed by atoms with E-state index in [1.807, 2.05) is 12.1 Å². The van der Waals surface area contributed by atoms with E-state index in [2.05, 4.69) is 24.0 Å². The predicted octanol–water partition coefficient (Wildman–Crippen LogP) is 2.42. The molecule has 0 amide bonds. The molecule has 1 aromatic rings. The molecule has 1 aromatic carbocycles. The minimum atomic E-state index is 0.954. The van der Waals surface area contributed by atoms with E-state index in [-0.39, 0.29) is 0 Å². The van der Waals surface area contributed by atoms with Crippen molar-refractivity contribution in [1.29, 1.82) is 0 Å². The van der Waals surface area contributed by atoms with Gasteiger partial charge < -0.3 is 5.73 Å². The molecular formula is C11H14N2. The molecule has 68 valence electrons. The van der Waals surface area contributed by atoms with Gasteiger partial charge in [0.15, 0.2) is 0 Å². The van der Waals surface area contributed by atoms with Gasteiger partial charge in [0.1, 0.15) is 0 Å². The van der Waals surface area contributed by atoms with E-state index in [0.29, 0.717) is 0 Å². The zero-order valence-corrected chi connectivity index (χ0v) is 7.77. The summed E-state index contributed by atoms with van der Waals surface area (Å²) in [6.07, 6.45) is 5.91. The molecule has 13 heavy (non-hydrogen) atoms. The van der Waals surface area contributed by atoms with Crippen molar-refractivity contribution >= 4 is 11.9 Å². The van der Waals surface area contributed by atoms with Gasteiger partial charge in [0, 0.05) is 6.21 Å². The van der Waals surface area contributed by atoms with Crippen molar-refractivity contribution in [1.82, 2.24) is 0 Å². The standard InChI is InChI=1S/C11H14N2/c1-2-10-4-6-11(7-5-10)13-9-3-8-12/h3-9H,2,12H2,1H3/b8-3-,13-9?. The van der Waals surface area contributed by atoms with E-state index in [4.69, 9.17) is 5.73 Å². The summed E-state index contributed by atoms with van der Waals surface area (Å²) in [4.78, 5) is 4.18. The lowest BCUT2D eigenvalue weighted by atomic mass is 10.2. The minimum Gasteiger partial charge on any atom is -0.405 e. The Bertz CT molecular complexity index is 296. The van der Waals surface area contributed by atoms with E-state index in [0.717, 1.165) is 12.1 Å². The van der Waals surface area contributed by atoms with E-state index in [9.17, 15) is 0 Å². The maximum Gasteiger partial charge on any atom is 0.0629 e. The van der Waals surface area contributed by atoms with Crippen LogP contribution in [0.1, 0.15) is 12.5 Å². The highest BCUT2D eigenvalue weighted by molar-refractivity contribution is 5.74. The Morgan fingerprint density at radius 2 is 2.00 bits per heavy atom. The van der Waals surface area contributed by atoms with Gasteiger partial charge in [-0.1, -0.05) is 19.1 Å². The summed E-state index contributed by atoms with van der Waals surface area (Å²) < 4.78 is 0. The molecule has 2 N–H and O–H groups in total. The first-order valence-corrected chi connectivity index (χ1v) is 4.36. The normalized spacial score (nSPS) is 11.5. The Kier molecular flexibility index (Phi) is 3.76. The van der Waals surface area contributed by atoms with Crippen molar-refractivity contribution in [2.24, 2.45) is 10.7 Å². The number of nitrogens with two attached hydrogens (primary N) is 1. The molecule has 0 radical (unpaired) electrons. The van der Waals surface area contributed by atoms with Crippen LogP contribution in [0.25, 0.3) is 0 Å². The summed E-state index contributed by atoms with van der Waals surface area (Å²) in [6.45, 7) is 2.13. The van der Waals surface area contributed by atoms with Crippen LogP contribution in [0.4, 0.5) is 5.69 Å². The van der Waals surface area contributed by atoms with Gasteiger partial charge in [0.25, 0.3) is 0 Å². The van der Waals surface area contributed by atoms with Crippen LogP contribution < -0.4 is 5.73 Å². The van der Waals surface area contributed by atoms with Gasteiger partial charge in [-0.3, -0.25) is 4.99 Å². The molecule has 2 nitrogen and oxygen atoms in total. The zero-order valence-electron chi connectivity index (χ0n) is 7.77. The van der Waals surface area contributed by atoms with Crippen LogP contribution in [0.5, 0.6) is 0 Å². The molecule has 0 heterocycles. The largest absolute Gasteiger partial charge is 0.405 e. The maximum absolute atomic E-state index is 5.17. The molecule has 0 aromatic heterocycles. The Labute approximate surface area is 78.8 Å². The van der Waals surface area contributed by atoms with Gasteiger partial charge in [-0.05, 0) is 36.4 Å². The maximum atomic E-state index is 5.17. The van der Waals surface area contributed by atoms with Crippen molar-refractivity contribution in [3.8, 4) is 0 Å². The third kappa shape index (κ3) is 3.11. The highest BCUT2D eigenvalue weighted by Gasteiger charge is 1.88. The zero-order chi connectivity index (χ0) is 9.52. The first-order chi connectivity index (χ1) is 6.36. The van der Waals surface area contributed by atoms with Gasteiger partial charge in [-0.15, -0.1) is 0 Å². The van der Waals surface area contributed by atoms with E-state index in [1.165, 1.54) is 11.8 Å². The fourth-order valence-electron chi connectivity index (χ4n) is 0.997. The smallest absolute Gasteiger partial charge is 0.0629 e. The molecule has 1 rings (SSSR count). The van der Waals surface area contributed by atoms with Crippen molar-refractivity contribution in [3.05, 3.63) is 42.1 Å². The number of hydrogen-bond acceptors (Lipinski definition) is 2. The van der Waals surface area contributed by atoms with E-state index >= 15 is 0 Å². The summed E-state index contributed by atoms with van der Waals surface area (Å²) in [7, 11) is 0. The van der Waals surface area contributed by atoms with Gasteiger partial charge >= 0.3 is 0 Å². The molecule has 0 aliphatic heterocycles. The van der Waals surface area contributed by atoms with Crippen LogP contribution in [0.3, 0.4) is 0 Å². The molecule has 0 fully saturated rings. The topological polar surface area (TPSA) is 38.4 Å². The van der Waals surface area contributed by atoms with Crippen molar-refractivity contribution in [2.45, 2.75) is 13.3 Å². The highest BCUT2D eigenvalue weighted by Crippen LogP contribution is 2.12. The summed E-state index contributed by atoms with van der Waals surface area (Å²) in [5, 5.41) is 0. The number of rotatable bonds is 3. The predicted molar refractivity (Wildman–Crippen MR) is 57.3 cm³/mol. The summed E-state index contributed by atoms with van der Waals surface area (Å²) in [5.41, 5.74) is 7.45. The molecule has 2 heteroatoms. The second kappa shape index (κ2) is 5.14. The lowest BCUT2D eigenvalue weighted by Gasteiger charge is -1.95. The van der Waals surface area contributed by atoms with Gasteiger partial charge in [0.05, 0.1) is 5.69 Å². The first kappa shape index (κ1) is 9.52. The number of allylic oxidation sites excluding steroid dienone is 1. The number of hydrogen-bond donors (Lipinski definition) is 1. The average Bonchev–Trinajstić information content (AvgIpc) is 2.19. The van der Waals surface area contributed by atoms with Crippen molar-refractivity contribution in [3.63, 3.8) is 0 Å². The van der Waals surface area contributed by atoms with Crippen molar-refractivity contribution in [2.75, 3.05) is 0 Å². The third-order valence-corrected chi connectivity index (χ3v) is 1.77. The molecule has 0 aliphatic carbocycles. The fourth-order valence-corrected chi connectivity index (χ4v) is 0.997. The Hall–Kier alpha value is -1.57. The average molecular weight is 174 g/mol. The fraction of sp³-hybridized carbons (Fsp3) is 0.182. The summed E-state index contributed by atoms with van der Waals surface area (Å²) >= 11 is 0. The first-order valence-electron chi connectivity index (χ1n) is 4.36. The van der Waals surface area contributed by atoms with E-state index < -0.39 is 0 Å². The monoisotopic (exact) mass is 174 g/mol. The minimum absolute atomic E-state index is 0.954. The number of benzene rings is 1. The Morgan fingerprint density at radius 1 is 1.31 bits per heavy atom. The van der Waals surface area contributed by atoms with Gasteiger partial charge in [-0.2, -0.15) is 0 Å². The quantitative estimate of drug-likeness (QED) is 0.702. The number of aliphatic imine (C=N–C) groups is 1. The number of nitrogens with zero attached hydrogens (tertiary/aromatic N) is 1. The van der Waals surface area contributed by atoms with Crippen molar-refractivity contribution < 1.29 is 0 Å². The van der Waals surface area contributed by atoms with Crippen LogP contribution in [-0.4, -0.2) is 6.21 Å². The summed E-state index contributed by atoms with van der Waals surface area (Å²) in [6, 6.07) is 8.16. The van der Waals surface area contributed by atoms with Crippen LogP contribution >= 0.6 is 0 Å². The highest BCUT2D eigenvalue weighted by atomic mass is 14.7. The van der Waals surface area contributed by atoms with Crippen LogP contribution in [0, 0.1) is 0 Å². The van der Waals surface area contributed by atoms with Gasteiger partial charge in [0.2, 0.25) is 0 Å². The van der Waals surface area contributed by atoms with E-state index in [1.54, 1.807) is 12.3 Å². The molecule has 0 spiro atoms. The third-order valence-electron chi connectivity index (χ3n) is 1.77. The molecule has 0 atom stereocenters. The lowest BCUT2D eigenvalue weighted by Crippen LogP contribution is -1.78. The lowest BCUT2D eigenvalue weighted by molar-refractivity contribution is 1.14. The number of aryl methyl sites for hydroxylation is 1. The SMILES string of the molecule is CCc1ccc(N=C/C=C\N)cc1.